The molecule has 0 bridgehead atoms. The highest BCUT2D eigenvalue weighted by molar-refractivity contribution is 6.30. The van der Waals surface area contributed by atoms with Gasteiger partial charge in [-0.25, -0.2) is 0 Å². The molecule has 0 aliphatic heterocycles. The molecule has 0 radical (unpaired) electrons. The van der Waals surface area contributed by atoms with Gasteiger partial charge in [0.2, 0.25) is 11.8 Å². The van der Waals surface area contributed by atoms with Gasteiger partial charge in [-0.05, 0) is 41.8 Å². The topological polar surface area (TPSA) is 62.6 Å². The van der Waals surface area contributed by atoms with E-state index in [2.05, 4.69) is 5.32 Å². The van der Waals surface area contributed by atoms with Crippen molar-refractivity contribution in [2.24, 2.45) is 0 Å². The van der Waals surface area contributed by atoms with Crippen LogP contribution in [-0.2, 0) is 29.1 Å². The summed E-state index contributed by atoms with van der Waals surface area (Å²) in [6.45, 7) is 2.57. The number of benzene rings is 2. The van der Waals surface area contributed by atoms with Crippen molar-refractivity contribution in [1.82, 2.24) is 10.2 Å². The molecular weight excluding hydrogens is 412 g/mol. The van der Waals surface area contributed by atoms with Gasteiger partial charge in [-0.1, -0.05) is 61.0 Å². The van der Waals surface area contributed by atoms with E-state index in [0.717, 1.165) is 11.1 Å². The number of halogens is 1. The fourth-order valence-corrected chi connectivity index (χ4v) is 3.53. The highest BCUT2D eigenvalue weighted by atomic mass is 35.5. The van der Waals surface area contributed by atoms with Gasteiger partial charge in [-0.3, -0.25) is 9.59 Å². The maximum absolute atomic E-state index is 13.3. The summed E-state index contributed by atoms with van der Waals surface area (Å²) in [6.07, 6.45) is 3.08. The van der Waals surface area contributed by atoms with Crippen molar-refractivity contribution in [2.75, 3.05) is 0 Å². The van der Waals surface area contributed by atoms with Crippen LogP contribution in [0.3, 0.4) is 0 Å². The zero-order valence-electron chi connectivity index (χ0n) is 17.6. The fourth-order valence-electron chi connectivity index (χ4n) is 3.40. The van der Waals surface area contributed by atoms with Crippen LogP contribution in [-0.4, -0.2) is 22.8 Å². The molecule has 3 rings (SSSR count). The number of rotatable bonds is 10. The third-order valence-corrected chi connectivity index (χ3v) is 5.27. The summed E-state index contributed by atoms with van der Waals surface area (Å²) in [5.41, 5.74) is 1.91. The van der Waals surface area contributed by atoms with Gasteiger partial charge in [-0.2, -0.15) is 0 Å². The Hall–Kier alpha value is -3.05. The number of hydrogen-bond acceptors (Lipinski definition) is 3. The van der Waals surface area contributed by atoms with Gasteiger partial charge in [0.1, 0.15) is 11.8 Å². The Morgan fingerprint density at radius 2 is 1.74 bits per heavy atom. The van der Waals surface area contributed by atoms with Crippen LogP contribution in [0.4, 0.5) is 0 Å². The van der Waals surface area contributed by atoms with Crippen LogP contribution in [0.15, 0.2) is 77.4 Å². The standard InChI is InChI=1S/C25H27ClN2O3/c1-2-7-24(29)28(18-20-11-13-21(26)14-12-20)23(16-19-8-4-3-5-9-19)25(30)27-17-22-10-6-15-31-22/h3-6,8-15,23H,2,7,16-18H2,1H3,(H,27,30)/t23-/m0/s1. The summed E-state index contributed by atoms with van der Waals surface area (Å²) in [6, 6.07) is 20.0. The quantitative estimate of drug-likeness (QED) is 0.485. The minimum Gasteiger partial charge on any atom is -0.467 e. The van der Waals surface area contributed by atoms with Gasteiger partial charge < -0.3 is 14.6 Å². The second-order valence-corrected chi connectivity index (χ2v) is 7.84. The van der Waals surface area contributed by atoms with Crippen LogP contribution in [0.5, 0.6) is 0 Å². The average Bonchev–Trinajstić information content (AvgIpc) is 3.30. The molecule has 1 heterocycles. The van der Waals surface area contributed by atoms with Gasteiger partial charge in [-0.15, -0.1) is 0 Å². The van der Waals surface area contributed by atoms with Crippen molar-refractivity contribution >= 4 is 23.4 Å². The molecular formula is C25H27ClN2O3. The Balaban J connectivity index is 1.86. The lowest BCUT2D eigenvalue weighted by Crippen LogP contribution is -2.50. The lowest BCUT2D eigenvalue weighted by atomic mass is 10.0. The van der Waals surface area contributed by atoms with E-state index in [1.807, 2.05) is 49.4 Å². The number of carbonyl (C=O) groups is 2. The molecule has 0 saturated carbocycles. The lowest BCUT2D eigenvalue weighted by molar-refractivity contribution is -0.141. The molecule has 0 spiro atoms. The molecule has 0 saturated heterocycles. The van der Waals surface area contributed by atoms with Crippen molar-refractivity contribution in [3.63, 3.8) is 0 Å². The van der Waals surface area contributed by atoms with Crippen LogP contribution in [0, 0.1) is 0 Å². The molecule has 0 unspecified atom stereocenters. The highest BCUT2D eigenvalue weighted by Gasteiger charge is 2.30. The van der Waals surface area contributed by atoms with Gasteiger partial charge in [0.05, 0.1) is 12.8 Å². The normalized spacial score (nSPS) is 11.7. The second kappa shape index (κ2) is 11.4. The molecule has 6 heteroatoms. The lowest BCUT2D eigenvalue weighted by Gasteiger charge is -2.31. The fraction of sp³-hybridized carbons (Fsp3) is 0.280. The number of furan rings is 1. The zero-order chi connectivity index (χ0) is 22.1. The van der Waals surface area contributed by atoms with E-state index in [-0.39, 0.29) is 18.4 Å². The molecule has 0 aliphatic carbocycles. The maximum Gasteiger partial charge on any atom is 0.243 e. The third-order valence-electron chi connectivity index (χ3n) is 5.02. The van der Waals surface area contributed by atoms with E-state index >= 15 is 0 Å². The van der Waals surface area contributed by atoms with E-state index in [1.165, 1.54) is 0 Å². The molecule has 5 nitrogen and oxygen atoms in total. The Morgan fingerprint density at radius 3 is 2.39 bits per heavy atom. The molecule has 3 aromatic rings. The zero-order valence-corrected chi connectivity index (χ0v) is 18.3. The van der Waals surface area contributed by atoms with E-state index in [4.69, 9.17) is 16.0 Å². The number of amides is 2. The van der Waals surface area contributed by atoms with Crippen LogP contribution >= 0.6 is 11.6 Å². The number of carbonyl (C=O) groups excluding carboxylic acids is 2. The Morgan fingerprint density at radius 1 is 1.00 bits per heavy atom. The van der Waals surface area contributed by atoms with E-state index < -0.39 is 6.04 Å². The van der Waals surface area contributed by atoms with Gasteiger partial charge in [0.15, 0.2) is 0 Å². The molecule has 1 aromatic heterocycles. The third kappa shape index (κ3) is 6.72. The molecule has 2 aromatic carbocycles. The molecule has 1 N–H and O–H groups in total. The molecule has 2 amide bonds. The van der Waals surface area contributed by atoms with Crippen molar-refractivity contribution in [3.8, 4) is 0 Å². The molecule has 31 heavy (non-hydrogen) atoms. The SMILES string of the molecule is CCCC(=O)N(Cc1ccc(Cl)cc1)[C@@H](Cc1ccccc1)C(=O)NCc1ccco1. The number of hydrogen-bond donors (Lipinski definition) is 1. The number of nitrogens with one attached hydrogen (secondary N) is 1. The first-order chi connectivity index (χ1) is 15.1. The summed E-state index contributed by atoms with van der Waals surface area (Å²) < 4.78 is 5.33. The van der Waals surface area contributed by atoms with Crippen LogP contribution < -0.4 is 5.32 Å². The minimum atomic E-state index is -0.646. The average molecular weight is 439 g/mol. The number of nitrogens with zero attached hydrogens (tertiary/aromatic N) is 1. The monoisotopic (exact) mass is 438 g/mol. The first-order valence-electron chi connectivity index (χ1n) is 10.4. The molecule has 1 atom stereocenters. The van der Waals surface area contributed by atoms with Crippen molar-refractivity contribution in [3.05, 3.63) is 94.9 Å². The summed E-state index contributed by atoms with van der Waals surface area (Å²) in [4.78, 5) is 28.0. The summed E-state index contributed by atoms with van der Waals surface area (Å²) in [7, 11) is 0. The summed E-state index contributed by atoms with van der Waals surface area (Å²) in [5, 5.41) is 3.56. The van der Waals surface area contributed by atoms with E-state index in [1.54, 1.807) is 35.4 Å². The van der Waals surface area contributed by atoms with E-state index in [0.29, 0.717) is 36.6 Å². The van der Waals surface area contributed by atoms with Crippen molar-refractivity contribution in [1.29, 1.82) is 0 Å². The van der Waals surface area contributed by atoms with Crippen LogP contribution in [0.25, 0.3) is 0 Å². The molecule has 0 aliphatic rings. The van der Waals surface area contributed by atoms with Gasteiger partial charge in [0, 0.05) is 24.4 Å². The second-order valence-electron chi connectivity index (χ2n) is 7.40. The maximum atomic E-state index is 13.3. The molecule has 162 valence electrons. The summed E-state index contributed by atoms with van der Waals surface area (Å²) >= 11 is 6.02. The first-order valence-corrected chi connectivity index (χ1v) is 10.8. The van der Waals surface area contributed by atoms with Crippen LogP contribution in [0.2, 0.25) is 5.02 Å². The summed E-state index contributed by atoms with van der Waals surface area (Å²) in [5.74, 6) is 0.404. The minimum absolute atomic E-state index is 0.0495. The Kier molecular flexibility index (Phi) is 8.30. The predicted molar refractivity (Wildman–Crippen MR) is 121 cm³/mol. The largest absolute Gasteiger partial charge is 0.467 e. The molecule has 0 fully saturated rings. The van der Waals surface area contributed by atoms with Crippen molar-refractivity contribution < 1.29 is 14.0 Å². The smallest absolute Gasteiger partial charge is 0.243 e. The predicted octanol–water partition coefficient (Wildman–Crippen LogP) is 4.99. The highest BCUT2D eigenvalue weighted by Crippen LogP contribution is 2.18. The Labute approximate surface area is 188 Å². The van der Waals surface area contributed by atoms with Crippen molar-refractivity contribution in [2.45, 2.75) is 45.3 Å². The van der Waals surface area contributed by atoms with Crippen LogP contribution in [0.1, 0.15) is 36.7 Å². The van der Waals surface area contributed by atoms with Gasteiger partial charge in [0.25, 0.3) is 0 Å². The van der Waals surface area contributed by atoms with E-state index in [9.17, 15) is 9.59 Å². The Bertz CT molecular complexity index is 956. The van der Waals surface area contributed by atoms with Gasteiger partial charge >= 0.3 is 0 Å². The first kappa shape index (κ1) is 22.6.